The molecule has 1 amide bonds. The van der Waals surface area contributed by atoms with Gasteiger partial charge in [-0.25, -0.2) is 4.79 Å². The van der Waals surface area contributed by atoms with Crippen LogP contribution in [-0.2, 0) is 9.59 Å². The minimum absolute atomic E-state index is 0.502. The molecule has 0 saturated heterocycles. The summed E-state index contributed by atoms with van der Waals surface area (Å²) in [6, 6.07) is 33.2. The molecular formula is C28H24N4O3. The number of nitrogens with one attached hydrogen (secondary N) is 4. The summed E-state index contributed by atoms with van der Waals surface area (Å²) >= 11 is 0. The van der Waals surface area contributed by atoms with Crippen molar-refractivity contribution in [2.75, 3.05) is 21.3 Å². The molecule has 7 heteroatoms. The van der Waals surface area contributed by atoms with Gasteiger partial charge in [0, 0.05) is 52.0 Å². The predicted octanol–water partition coefficient (Wildman–Crippen LogP) is 6.50. The van der Waals surface area contributed by atoms with Crippen LogP contribution in [0.3, 0.4) is 0 Å². The van der Waals surface area contributed by atoms with Crippen molar-refractivity contribution < 1.29 is 14.7 Å². The van der Waals surface area contributed by atoms with Gasteiger partial charge in [0.25, 0.3) is 0 Å². The second-order valence-corrected chi connectivity index (χ2v) is 7.63. The van der Waals surface area contributed by atoms with Crippen molar-refractivity contribution in [3.05, 3.63) is 115 Å². The highest BCUT2D eigenvalue weighted by molar-refractivity contribution is 6.02. The van der Waals surface area contributed by atoms with Crippen LogP contribution < -0.4 is 21.3 Å². The first-order chi connectivity index (χ1) is 17.0. The van der Waals surface area contributed by atoms with Gasteiger partial charge in [0.05, 0.1) is 0 Å². The average molecular weight is 465 g/mol. The zero-order valence-electron chi connectivity index (χ0n) is 18.7. The number of carboxylic acids is 1. The fourth-order valence-electron chi connectivity index (χ4n) is 3.26. The molecule has 0 fully saturated rings. The number of para-hydroxylation sites is 1. The molecule has 0 atom stereocenters. The Morgan fingerprint density at radius 2 is 0.829 bits per heavy atom. The van der Waals surface area contributed by atoms with Crippen LogP contribution >= 0.6 is 0 Å². The van der Waals surface area contributed by atoms with Gasteiger partial charge in [-0.05, 0) is 84.9 Å². The summed E-state index contributed by atoms with van der Waals surface area (Å²) < 4.78 is 0. The SMILES string of the molecule is O=C(O)/C=C/C(=O)Nc1ccc(Nc2ccc(Nc3ccc(Nc4ccccc4)cc3)cc2)cc1. The number of carboxylic acid groups (broad SMARTS) is 1. The molecule has 4 aromatic carbocycles. The lowest BCUT2D eigenvalue weighted by atomic mass is 10.2. The quantitative estimate of drug-likeness (QED) is 0.181. The lowest BCUT2D eigenvalue weighted by Gasteiger charge is -2.11. The van der Waals surface area contributed by atoms with Crippen molar-refractivity contribution in [1.82, 2.24) is 0 Å². The summed E-state index contributed by atoms with van der Waals surface area (Å²) in [5, 5.41) is 21.2. The van der Waals surface area contributed by atoms with E-state index in [9.17, 15) is 9.59 Å². The van der Waals surface area contributed by atoms with Gasteiger partial charge in [0.15, 0.2) is 0 Å². The van der Waals surface area contributed by atoms with Crippen LogP contribution in [0.15, 0.2) is 115 Å². The van der Waals surface area contributed by atoms with Crippen LogP contribution in [0.1, 0.15) is 0 Å². The maximum Gasteiger partial charge on any atom is 0.328 e. The van der Waals surface area contributed by atoms with Crippen molar-refractivity contribution in [2.45, 2.75) is 0 Å². The van der Waals surface area contributed by atoms with Gasteiger partial charge in [-0.15, -0.1) is 0 Å². The number of carbonyl (C=O) groups excluding carboxylic acids is 1. The number of anilines is 7. The Hall–Kier alpha value is -5.04. The van der Waals surface area contributed by atoms with Crippen LogP contribution in [0.2, 0.25) is 0 Å². The third kappa shape index (κ3) is 7.23. The molecule has 0 unspecified atom stereocenters. The maximum absolute atomic E-state index is 11.7. The van der Waals surface area contributed by atoms with Gasteiger partial charge >= 0.3 is 5.97 Å². The average Bonchev–Trinajstić information content (AvgIpc) is 2.87. The molecule has 0 aromatic heterocycles. The van der Waals surface area contributed by atoms with E-state index >= 15 is 0 Å². The molecule has 4 aromatic rings. The molecule has 4 rings (SSSR count). The summed E-state index contributed by atoms with van der Waals surface area (Å²) in [6.07, 6.45) is 1.77. The topological polar surface area (TPSA) is 102 Å². The maximum atomic E-state index is 11.7. The van der Waals surface area contributed by atoms with Gasteiger partial charge in [0.1, 0.15) is 0 Å². The Morgan fingerprint density at radius 3 is 1.20 bits per heavy atom. The summed E-state index contributed by atoms with van der Waals surface area (Å²) in [5.74, 6) is -1.67. The normalized spacial score (nSPS) is 10.5. The van der Waals surface area contributed by atoms with E-state index in [4.69, 9.17) is 5.11 Å². The minimum atomic E-state index is -1.17. The highest BCUT2D eigenvalue weighted by Crippen LogP contribution is 2.24. The van der Waals surface area contributed by atoms with E-state index in [-0.39, 0.29) is 0 Å². The molecule has 35 heavy (non-hydrogen) atoms. The van der Waals surface area contributed by atoms with Gasteiger partial charge in [-0.1, -0.05) is 18.2 Å². The van der Waals surface area contributed by atoms with Gasteiger partial charge < -0.3 is 26.4 Å². The standard InChI is InChI=1S/C28H24N4O3/c33-27(18-19-28(34)35)32-26-16-14-25(15-17-26)31-24-12-10-23(11-13-24)30-22-8-6-21(7-9-22)29-20-4-2-1-3-5-20/h1-19,29-31H,(H,32,33)(H,34,35)/b19-18+. The Morgan fingerprint density at radius 1 is 0.486 bits per heavy atom. The zero-order chi connectivity index (χ0) is 24.5. The Balaban J connectivity index is 1.29. The lowest BCUT2D eigenvalue weighted by molar-refractivity contribution is -0.131. The van der Waals surface area contributed by atoms with Crippen LogP contribution in [0.5, 0.6) is 0 Å². The molecule has 0 aliphatic rings. The van der Waals surface area contributed by atoms with Crippen LogP contribution in [0.25, 0.3) is 0 Å². The Bertz CT molecular complexity index is 1300. The highest BCUT2D eigenvalue weighted by Gasteiger charge is 2.01. The summed E-state index contributed by atoms with van der Waals surface area (Å²) in [4.78, 5) is 22.1. The second-order valence-electron chi connectivity index (χ2n) is 7.63. The predicted molar refractivity (Wildman–Crippen MR) is 141 cm³/mol. The lowest BCUT2D eigenvalue weighted by Crippen LogP contribution is -2.08. The molecule has 0 aliphatic carbocycles. The summed E-state index contributed by atoms with van der Waals surface area (Å²) in [7, 11) is 0. The van der Waals surface area contributed by atoms with Crippen molar-refractivity contribution in [3.63, 3.8) is 0 Å². The van der Waals surface area contributed by atoms with Crippen LogP contribution in [0, 0.1) is 0 Å². The molecule has 0 heterocycles. The monoisotopic (exact) mass is 464 g/mol. The molecule has 5 N–H and O–H groups in total. The van der Waals surface area contributed by atoms with E-state index in [0.29, 0.717) is 5.69 Å². The number of rotatable bonds is 9. The summed E-state index contributed by atoms with van der Waals surface area (Å²) in [6.45, 7) is 0. The number of hydrogen-bond acceptors (Lipinski definition) is 5. The molecule has 0 radical (unpaired) electrons. The molecule has 0 saturated carbocycles. The van der Waals surface area contributed by atoms with E-state index in [1.807, 2.05) is 91.0 Å². The van der Waals surface area contributed by atoms with Crippen molar-refractivity contribution >= 4 is 51.7 Å². The molecule has 0 aliphatic heterocycles. The van der Waals surface area contributed by atoms with E-state index in [1.54, 1.807) is 12.1 Å². The van der Waals surface area contributed by atoms with Gasteiger partial charge in [-0.3, -0.25) is 4.79 Å². The number of amides is 1. The van der Waals surface area contributed by atoms with Crippen LogP contribution in [-0.4, -0.2) is 17.0 Å². The summed E-state index contributed by atoms with van der Waals surface area (Å²) in [5.41, 5.74) is 6.35. The van der Waals surface area contributed by atoms with Crippen molar-refractivity contribution in [1.29, 1.82) is 0 Å². The molecule has 0 spiro atoms. The minimum Gasteiger partial charge on any atom is -0.478 e. The number of aliphatic carboxylic acids is 1. The molecule has 7 nitrogen and oxygen atoms in total. The van der Waals surface area contributed by atoms with E-state index in [2.05, 4.69) is 21.3 Å². The zero-order valence-corrected chi connectivity index (χ0v) is 18.7. The van der Waals surface area contributed by atoms with Gasteiger partial charge in [-0.2, -0.15) is 0 Å². The molecule has 174 valence electrons. The Labute approximate surface area is 203 Å². The third-order valence-electron chi connectivity index (χ3n) is 4.94. The Kier molecular flexibility index (Phi) is 7.40. The van der Waals surface area contributed by atoms with Crippen molar-refractivity contribution in [3.8, 4) is 0 Å². The first kappa shape index (κ1) is 23.1. The van der Waals surface area contributed by atoms with E-state index in [1.165, 1.54) is 0 Å². The fourth-order valence-corrected chi connectivity index (χ4v) is 3.26. The second kappa shape index (κ2) is 11.2. The van der Waals surface area contributed by atoms with Gasteiger partial charge in [0.2, 0.25) is 5.91 Å². The fraction of sp³-hybridized carbons (Fsp3) is 0. The largest absolute Gasteiger partial charge is 0.478 e. The van der Waals surface area contributed by atoms with Crippen LogP contribution in [0.4, 0.5) is 39.8 Å². The third-order valence-corrected chi connectivity index (χ3v) is 4.94. The smallest absolute Gasteiger partial charge is 0.328 e. The number of carbonyl (C=O) groups is 2. The van der Waals surface area contributed by atoms with E-state index < -0.39 is 11.9 Å². The highest BCUT2D eigenvalue weighted by atomic mass is 16.4. The number of hydrogen-bond donors (Lipinski definition) is 5. The molecule has 0 bridgehead atoms. The van der Waals surface area contributed by atoms with Crippen molar-refractivity contribution in [2.24, 2.45) is 0 Å². The number of benzene rings is 4. The van der Waals surface area contributed by atoms with E-state index in [0.717, 1.165) is 46.3 Å². The first-order valence-electron chi connectivity index (χ1n) is 10.9. The first-order valence-corrected chi connectivity index (χ1v) is 10.9. The molecular weight excluding hydrogens is 440 g/mol.